The molecule has 129 heavy (non-hydrogen) atoms. The van der Waals surface area contributed by atoms with Gasteiger partial charge in [0, 0.05) is 158 Å². The van der Waals surface area contributed by atoms with Crippen LogP contribution in [-0.4, -0.2) is 118 Å². The number of benzene rings is 8. The smallest absolute Gasteiger partial charge is 0.186 e. The van der Waals surface area contributed by atoms with Crippen LogP contribution in [0.25, 0.3) is 100 Å². The summed E-state index contributed by atoms with van der Waals surface area (Å²) in [5, 5.41) is 22.7. The molecule has 0 radical (unpaired) electrons. The van der Waals surface area contributed by atoms with Crippen molar-refractivity contribution in [2.75, 3.05) is 96.6 Å². The Morgan fingerprint density at radius 1 is 0.341 bits per heavy atom. The molecule has 0 aliphatic carbocycles. The molecule has 14 nitrogen and oxygen atoms in total. The number of hydrogen-bond acceptors (Lipinski definition) is 21. The van der Waals surface area contributed by atoms with Gasteiger partial charge in [-0.3, -0.25) is 4.98 Å². The molecule has 5 saturated heterocycles. The summed E-state index contributed by atoms with van der Waals surface area (Å²) in [6, 6.07) is 73.7. The van der Waals surface area contributed by atoms with Crippen molar-refractivity contribution in [3.05, 3.63) is 299 Å². The first-order valence-electron chi connectivity index (χ1n) is 44.3. The second kappa shape index (κ2) is 48.5. The van der Waals surface area contributed by atoms with Crippen LogP contribution in [0, 0.1) is 5.82 Å². The number of nitrogens with zero attached hydrogens (tertiary/aromatic N) is 13. The average Bonchev–Trinajstić information content (AvgIpc) is 1.67. The van der Waals surface area contributed by atoms with Crippen LogP contribution in [0.1, 0.15) is 108 Å². The Balaban J connectivity index is 0.000000116. The van der Waals surface area contributed by atoms with Crippen molar-refractivity contribution < 1.29 is 9.13 Å². The number of morpholine rings is 1. The SMILES string of the molecule is CC1CN(c2nc(-c3ccccc3)cs2)CCO1.CCc1ccc(-c2nc(-c3ccccc3)cs2)cc1.CCc1sc(N2CCCCC2)nc1-c1ccccc1.Clc1ccc(-c2csc(N3CCCCC3)n2)c(Cl)c1.Clc1ccc(-c2csc(N3CCCCC3)n2)cc1Cl.Fc1ccc(-c2csc(N3CCCCC3)n2)cc1.c1ccc(-c2csc(-c3ccccn3)n2)cc1. The number of anilines is 5. The van der Waals surface area contributed by atoms with Gasteiger partial charge in [0.05, 0.1) is 73.3 Å². The van der Waals surface area contributed by atoms with Gasteiger partial charge in [0.2, 0.25) is 0 Å². The molecule has 21 rings (SSSR count). The van der Waals surface area contributed by atoms with Gasteiger partial charge < -0.3 is 29.2 Å². The summed E-state index contributed by atoms with van der Waals surface area (Å²) in [7, 11) is 0. The van der Waals surface area contributed by atoms with Crippen LogP contribution in [0.4, 0.5) is 30.0 Å². The van der Waals surface area contributed by atoms with Gasteiger partial charge in [-0.1, -0.05) is 218 Å². The fourth-order valence-electron chi connectivity index (χ4n) is 15.3. The highest BCUT2D eigenvalue weighted by Gasteiger charge is 2.24. The maximum Gasteiger partial charge on any atom is 0.186 e. The highest BCUT2D eigenvalue weighted by Crippen LogP contribution is 2.40. The predicted molar refractivity (Wildman–Crippen MR) is 552 cm³/mol. The lowest BCUT2D eigenvalue weighted by Gasteiger charge is -2.30. The van der Waals surface area contributed by atoms with Crippen LogP contribution in [-0.2, 0) is 17.6 Å². The highest BCUT2D eigenvalue weighted by atomic mass is 35.5. The van der Waals surface area contributed by atoms with E-state index in [4.69, 9.17) is 76.1 Å². The van der Waals surface area contributed by atoms with E-state index < -0.39 is 0 Å². The van der Waals surface area contributed by atoms with Gasteiger partial charge in [-0.2, -0.15) is 0 Å². The Kier molecular flexibility index (Phi) is 35.3. The normalized spacial score (nSPS) is 14.9. The summed E-state index contributed by atoms with van der Waals surface area (Å²) >= 11 is 36.1. The summed E-state index contributed by atoms with van der Waals surface area (Å²) < 4.78 is 18.4. The molecule has 0 bridgehead atoms. The summed E-state index contributed by atoms with van der Waals surface area (Å²) in [6.45, 7) is 18.2. The molecule has 0 saturated carbocycles. The van der Waals surface area contributed by atoms with Crippen molar-refractivity contribution in [2.45, 2.75) is 117 Å². The van der Waals surface area contributed by atoms with Crippen molar-refractivity contribution in [1.82, 2.24) is 39.9 Å². The summed E-state index contributed by atoms with van der Waals surface area (Å²) in [6.07, 6.45) is 19.8. The second-order valence-corrected chi connectivity index (χ2v) is 39.3. The van der Waals surface area contributed by atoms with Crippen LogP contribution in [0.2, 0.25) is 20.1 Å². The minimum Gasteiger partial charge on any atom is -0.375 e. The third-order valence-electron chi connectivity index (χ3n) is 22.3. The summed E-state index contributed by atoms with van der Waals surface area (Å²) in [5.74, 6) is -0.203. The van der Waals surface area contributed by atoms with Crippen molar-refractivity contribution >= 4 is 151 Å². The second-order valence-electron chi connectivity index (χ2n) is 31.6. The Hall–Kier alpha value is -9.63. The van der Waals surface area contributed by atoms with E-state index >= 15 is 0 Å². The van der Waals surface area contributed by atoms with Crippen LogP contribution in [0.3, 0.4) is 0 Å². The monoisotopic (exact) mass is 1920 g/mol. The Morgan fingerprint density at radius 2 is 0.760 bits per heavy atom. The van der Waals surface area contributed by atoms with E-state index in [1.54, 1.807) is 92.4 Å². The van der Waals surface area contributed by atoms with Gasteiger partial charge in [0.25, 0.3) is 0 Å². The molecule has 16 aromatic rings. The number of aromatic nitrogens is 8. The number of thiazole rings is 7. The standard InChI is InChI=1S/C17H15NS.C16H20N2S.2C14H14Cl2N2S.C14H15FN2S.C14H16N2OS.C14H10N2S/c1-2-13-8-10-15(11-9-13)17-18-16(12-19-17)14-6-4-3-5-7-14;1-2-14-15(13-9-5-3-6-10-13)17-16(19-14)18-11-7-4-8-12-18;15-10-4-5-11(12(16)8-10)13-9-19-14(17-13)18-6-2-1-3-7-18;15-11-5-4-10(8-12(11)16)13-9-19-14(17-13)18-6-2-1-3-7-18;15-12-6-4-11(5-7-12)13-10-18-14(16-13)17-8-2-1-3-9-17;1-11-9-16(7-8-17-11)14-15-13(10-18-14)12-5-3-2-4-6-12;1-2-6-11(7-3-1)13-10-17-14(16-13)12-8-4-5-9-15-12/h3-12H,2H2,1H3;3,5-6,9-10H,2,4,7-8,11-12H2,1H3;2*4-5,8-9H,1-3,6-7H2;4-7,10H,1-3,8-9H2;2-6,10-11H,7-9H2,1H3;1-10H. The number of hydrogen-bond donors (Lipinski definition) is 0. The average molecular weight is 1930 g/mol. The first-order chi connectivity index (χ1) is 63.3. The largest absolute Gasteiger partial charge is 0.375 e. The van der Waals surface area contributed by atoms with Crippen LogP contribution >= 0.6 is 126 Å². The summed E-state index contributed by atoms with van der Waals surface area (Å²) in [5.41, 5.74) is 18.4. The zero-order valence-corrected chi connectivity index (χ0v) is 81.4. The van der Waals surface area contributed by atoms with E-state index in [-0.39, 0.29) is 5.82 Å². The van der Waals surface area contributed by atoms with Crippen molar-refractivity contribution in [1.29, 1.82) is 0 Å². The van der Waals surface area contributed by atoms with Gasteiger partial charge in [-0.05, 0) is 169 Å². The van der Waals surface area contributed by atoms with Gasteiger partial charge in [-0.15, -0.1) is 79.4 Å². The van der Waals surface area contributed by atoms with Crippen LogP contribution in [0.5, 0.6) is 0 Å². The molecule has 5 fully saturated rings. The number of pyridine rings is 1. The third-order valence-corrected chi connectivity index (χ3v) is 30.2. The van der Waals surface area contributed by atoms with Crippen LogP contribution in [0.15, 0.2) is 263 Å². The van der Waals surface area contributed by atoms with Crippen molar-refractivity contribution in [2.24, 2.45) is 0 Å². The van der Waals surface area contributed by atoms with E-state index in [9.17, 15) is 4.39 Å². The van der Waals surface area contributed by atoms with E-state index in [2.05, 4.69) is 183 Å². The van der Waals surface area contributed by atoms with Crippen molar-refractivity contribution in [3.63, 3.8) is 0 Å². The maximum atomic E-state index is 12.9. The van der Waals surface area contributed by atoms with Gasteiger partial charge in [-0.25, -0.2) is 39.3 Å². The topological polar surface area (TPSA) is 129 Å². The molecule has 1 atom stereocenters. The molecular weight excluding hydrogens is 1820 g/mol. The molecule has 0 spiro atoms. The highest BCUT2D eigenvalue weighted by molar-refractivity contribution is 7.16. The molecule has 664 valence electrons. The molecule has 0 amide bonds. The number of aryl methyl sites for hydroxylation is 2. The Morgan fingerprint density at radius 3 is 1.23 bits per heavy atom. The molecule has 5 aliphatic rings. The van der Waals surface area contributed by atoms with Crippen molar-refractivity contribution in [3.8, 4) is 100 Å². The van der Waals surface area contributed by atoms with E-state index in [1.807, 2.05) is 114 Å². The lowest BCUT2D eigenvalue weighted by molar-refractivity contribution is 0.0532. The predicted octanol–water partition coefficient (Wildman–Crippen LogP) is 30.5. The first kappa shape index (κ1) is 94.0. The molecule has 8 aromatic carbocycles. The number of ether oxygens (including phenoxy) is 1. The molecule has 1 unspecified atom stereocenters. The quantitative estimate of drug-likeness (QED) is 0.0910. The molecule has 5 aliphatic heterocycles. The fraction of sp³-hybridized carbons (Fsp3) is 0.282. The van der Waals surface area contributed by atoms with Gasteiger partial charge in [0.15, 0.2) is 25.7 Å². The fourth-order valence-corrected chi connectivity index (χ4v) is 22.3. The van der Waals surface area contributed by atoms with Gasteiger partial charge in [0.1, 0.15) is 15.8 Å². The maximum absolute atomic E-state index is 12.9. The number of piperidine rings is 4. The number of halogens is 5. The van der Waals surface area contributed by atoms with E-state index in [0.717, 1.165) is 164 Å². The van der Waals surface area contributed by atoms with E-state index in [0.29, 0.717) is 26.2 Å². The Bertz CT molecular complexity index is 5980. The Labute approximate surface area is 805 Å². The molecule has 13 heterocycles. The van der Waals surface area contributed by atoms with Crippen LogP contribution < -0.4 is 24.5 Å². The lowest BCUT2D eigenvalue weighted by Crippen LogP contribution is -2.41. The summed E-state index contributed by atoms with van der Waals surface area (Å²) in [4.78, 5) is 50.6. The zero-order valence-electron chi connectivity index (χ0n) is 72.6. The molecule has 0 N–H and O–H groups in total. The minimum absolute atomic E-state index is 0.203. The van der Waals surface area contributed by atoms with E-state index in [1.165, 1.54) is 146 Å². The lowest BCUT2D eigenvalue weighted by atomic mass is 10.1. The molecule has 8 aromatic heterocycles. The zero-order chi connectivity index (χ0) is 88.9. The third kappa shape index (κ3) is 26.8. The molecular formula is C103H104Cl4FN13OS7. The first-order valence-corrected chi connectivity index (χ1v) is 51.9. The number of rotatable bonds is 16. The molecule has 26 heteroatoms. The minimum atomic E-state index is -0.203. The van der Waals surface area contributed by atoms with Gasteiger partial charge >= 0.3 is 0 Å².